The number of aliphatic imine (C=N–C) groups is 1. The van der Waals surface area contributed by atoms with Gasteiger partial charge in [0.25, 0.3) is 0 Å². The van der Waals surface area contributed by atoms with Crippen LogP contribution in [0.25, 0.3) is 0 Å². The maximum Gasteiger partial charge on any atom is 0.104 e. The Balaban J connectivity index is 2.16. The lowest BCUT2D eigenvalue weighted by Crippen LogP contribution is -1.87. The summed E-state index contributed by atoms with van der Waals surface area (Å²) in [6.07, 6.45) is 3.34. The Labute approximate surface area is 82.2 Å². The molecular weight excluding hydrogens is 174 g/mol. The molecule has 0 aliphatic carbocycles. The highest BCUT2D eigenvalue weighted by Gasteiger charge is 1.87. The van der Waals surface area contributed by atoms with Crippen LogP contribution in [0.4, 0.5) is 5.69 Å². The summed E-state index contributed by atoms with van der Waals surface area (Å²) < 4.78 is 0. The summed E-state index contributed by atoms with van der Waals surface area (Å²) in [6, 6.07) is 13.4. The number of hydrogen-bond acceptors (Lipinski definition) is 3. The molecule has 0 aliphatic rings. The summed E-state index contributed by atoms with van der Waals surface area (Å²) in [4.78, 5) is 4.25. The molecule has 0 spiro atoms. The predicted octanol–water partition coefficient (Wildman–Crippen LogP) is 2.23. The minimum Gasteiger partial charge on any atom is -0.255 e. The van der Waals surface area contributed by atoms with Crippen LogP contribution in [0.15, 0.2) is 53.7 Å². The second kappa shape index (κ2) is 4.28. The monoisotopic (exact) mass is 183 g/mol. The summed E-state index contributed by atoms with van der Waals surface area (Å²) in [5.41, 5.74) is 1.68. The van der Waals surface area contributed by atoms with E-state index in [9.17, 15) is 0 Å². The summed E-state index contributed by atoms with van der Waals surface area (Å²) in [7, 11) is 0. The van der Waals surface area contributed by atoms with Gasteiger partial charge in [-0.3, -0.25) is 4.99 Å². The topological polar surface area (TPSA) is 38.1 Å². The van der Waals surface area contributed by atoms with Gasteiger partial charge in [0.2, 0.25) is 0 Å². The largest absolute Gasteiger partial charge is 0.255 e. The molecule has 1 heterocycles. The molecule has 2 aromatic rings. The van der Waals surface area contributed by atoms with Crippen LogP contribution in [-0.4, -0.2) is 16.4 Å². The summed E-state index contributed by atoms with van der Waals surface area (Å²) in [6.45, 7) is 0. The van der Waals surface area contributed by atoms with Gasteiger partial charge in [0.1, 0.15) is 5.69 Å². The van der Waals surface area contributed by atoms with Crippen molar-refractivity contribution in [3.05, 3.63) is 54.4 Å². The van der Waals surface area contributed by atoms with Crippen molar-refractivity contribution in [2.24, 2.45) is 4.99 Å². The Bertz CT molecular complexity index is 368. The molecule has 3 nitrogen and oxygen atoms in total. The van der Waals surface area contributed by atoms with Crippen molar-refractivity contribution in [1.82, 2.24) is 10.2 Å². The number of hydrogen-bond donors (Lipinski definition) is 0. The van der Waals surface area contributed by atoms with Crippen molar-refractivity contribution in [3.8, 4) is 0 Å². The highest BCUT2D eigenvalue weighted by Crippen LogP contribution is 2.08. The lowest BCUT2D eigenvalue weighted by Gasteiger charge is -1.91. The lowest BCUT2D eigenvalue weighted by molar-refractivity contribution is 1.02. The molecule has 1 aromatic heterocycles. The Morgan fingerprint density at radius 3 is 2.57 bits per heavy atom. The molecule has 1 aromatic carbocycles. The Morgan fingerprint density at radius 1 is 1.00 bits per heavy atom. The molecule has 0 unspecified atom stereocenters. The smallest absolute Gasteiger partial charge is 0.104 e. The van der Waals surface area contributed by atoms with Crippen LogP contribution in [0.3, 0.4) is 0 Å². The molecular formula is C11H9N3. The van der Waals surface area contributed by atoms with Gasteiger partial charge in [-0.05, 0) is 24.3 Å². The molecule has 14 heavy (non-hydrogen) atoms. The van der Waals surface area contributed by atoms with Gasteiger partial charge < -0.3 is 0 Å². The normalized spacial score (nSPS) is 10.6. The molecule has 0 N–H and O–H groups in total. The fourth-order valence-corrected chi connectivity index (χ4v) is 1.04. The fraction of sp³-hybridized carbons (Fsp3) is 0. The van der Waals surface area contributed by atoms with E-state index in [4.69, 9.17) is 0 Å². The number of aromatic nitrogens is 2. The minimum absolute atomic E-state index is 0.761. The Hall–Kier alpha value is -2.03. The third-order valence-electron chi connectivity index (χ3n) is 1.70. The third-order valence-corrected chi connectivity index (χ3v) is 1.70. The first-order valence-electron chi connectivity index (χ1n) is 4.32. The van der Waals surface area contributed by atoms with Crippen LogP contribution in [0, 0.1) is 0 Å². The van der Waals surface area contributed by atoms with Gasteiger partial charge in [-0.2, -0.15) is 5.10 Å². The van der Waals surface area contributed by atoms with Crippen LogP contribution in [0.5, 0.6) is 0 Å². The molecule has 3 heteroatoms. The predicted molar refractivity (Wildman–Crippen MR) is 55.7 cm³/mol. The highest BCUT2D eigenvalue weighted by molar-refractivity contribution is 5.79. The van der Waals surface area contributed by atoms with Gasteiger partial charge in [-0.15, -0.1) is 5.10 Å². The van der Waals surface area contributed by atoms with E-state index in [-0.39, 0.29) is 0 Å². The van der Waals surface area contributed by atoms with E-state index >= 15 is 0 Å². The van der Waals surface area contributed by atoms with Crippen molar-refractivity contribution < 1.29 is 0 Å². The standard InChI is InChI=1S/C11H9N3/c1-2-5-10(6-3-1)12-9-11-7-4-8-13-14-11/h1-9H. The van der Waals surface area contributed by atoms with E-state index in [0.29, 0.717) is 0 Å². The summed E-state index contributed by atoms with van der Waals surface area (Å²) in [5.74, 6) is 0. The lowest BCUT2D eigenvalue weighted by atomic mass is 10.3. The second-order valence-electron chi connectivity index (χ2n) is 2.74. The van der Waals surface area contributed by atoms with E-state index in [1.54, 1.807) is 12.4 Å². The SMILES string of the molecule is C(=Nc1ccccc1)c1cccnn1. The number of rotatable bonds is 2. The highest BCUT2D eigenvalue weighted by atomic mass is 15.1. The first-order chi connectivity index (χ1) is 6.95. The van der Waals surface area contributed by atoms with Crippen LogP contribution in [-0.2, 0) is 0 Å². The average Bonchev–Trinajstić information content (AvgIpc) is 2.29. The zero-order chi connectivity index (χ0) is 9.64. The number of nitrogens with zero attached hydrogens (tertiary/aromatic N) is 3. The van der Waals surface area contributed by atoms with Crippen molar-refractivity contribution in [1.29, 1.82) is 0 Å². The molecule has 0 atom stereocenters. The molecule has 2 rings (SSSR count). The first kappa shape index (κ1) is 8.56. The first-order valence-corrected chi connectivity index (χ1v) is 4.32. The van der Waals surface area contributed by atoms with Gasteiger partial charge >= 0.3 is 0 Å². The number of para-hydroxylation sites is 1. The Morgan fingerprint density at radius 2 is 1.86 bits per heavy atom. The summed E-state index contributed by atoms with van der Waals surface area (Å²) in [5, 5.41) is 7.65. The van der Waals surface area contributed by atoms with E-state index in [1.165, 1.54) is 0 Å². The van der Waals surface area contributed by atoms with Gasteiger partial charge in [-0.1, -0.05) is 18.2 Å². The fourth-order valence-electron chi connectivity index (χ4n) is 1.04. The summed E-state index contributed by atoms with van der Waals surface area (Å²) >= 11 is 0. The van der Waals surface area contributed by atoms with Crippen molar-refractivity contribution in [2.45, 2.75) is 0 Å². The quantitative estimate of drug-likeness (QED) is 0.669. The maximum atomic E-state index is 4.25. The molecule has 0 amide bonds. The van der Waals surface area contributed by atoms with Gasteiger partial charge in [0.15, 0.2) is 0 Å². The Kier molecular flexibility index (Phi) is 2.62. The average molecular weight is 183 g/mol. The van der Waals surface area contributed by atoms with Crippen molar-refractivity contribution >= 4 is 11.9 Å². The third kappa shape index (κ3) is 2.23. The van der Waals surface area contributed by atoms with E-state index in [0.717, 1.165) is 11.4 Å². The maximum absolute atomic E-state index is 4.25. The molecule has 0 fully saturated rings. The van der Waals surface area contributed by atoms with Crippen LogP contribution in [0.2, 0.25) is 0 Å². The zero-order valence-corrected chi connectivity index (χ0v) is 7.54. The molecule has 0 aliphatic heterocycles. The molecule has 0 saturated heterocycles. The van der Waals surface area contributed by atoms with E-state index in [1.807, 2.05) is 42.5 Å². The second-order valence-corrected chi connectivity index (χ2v) is 2.74. The van der Waals surface area contributed by atoms with Crippen LogP contribution < -0.4 is 0 Å². The van der Waals surface area contributed by atoms with Gasteiger partial charge in [-0.25, -0.2) is 0 Å². The molecule has 0 radical (unpaired) electrons. The minimum atomic E-state index is 0.761. The van der Waals surface area contributed by atoms with Gasteiger partial charge in [0, 0.05) is 6.20 Å². The van der Waals surface area contributed by atoms with Gasteiger partial charge in [0.05, 0.1) is 11.9 Å². The van der Waals surface area contributed by atoms with E-state index < -0.39 is 0 Å². The van der Waals surface area contributed by atoms with Crippen molar-refractivity contribution in [3.63, 3.8) is 0 Å². The number of benzene rings is 1. The molecule has 68 valence electrons. The molecule has 0 saturated carbocycles. The zero-order valence-electron chi connectivity index (χ0n) is 7.54. The van der Waals surface area contributed by atoms with Crippen LogP contribution >= 0.6 is 0 Å². The molecule has 0 bridgehead atoms. The van der Waals surface area contributed by atoms with Crippen LogP contribution in [0.1, 0.15) is 5.69 Å². The van der Waals surface area contributed by atoms with E-state index in [2.05, 4.69) is 15.2 Å². The van der Waals surface area contributed by atoms with Crippen molar-refractivity contribution in [2.75, 3.05) is 0 Å².